The number of hydroxylamine groups is 2. The van der Waals surface area contributed by atoms with Crippen LogP contribution in [0.3, 0.4) is 0 Å². The highest BCUT2D eigenvalue weighted by molar-refractivity contribution is 7.80. The van der Waals surface area contributed by atoms with Crippen molar-refractivity contribution in [1.82, 2.24) is 5.06 Å². The van der Waals surface area contributed by atoms with Crippen LogP contribution in [0.4, 0.5) is 5.69 Å². The lowest BCUT2D eigenvalue weighted by molar-refractivity contribution is -0.0124. The van der Waals surface area contributed by atoms with Gasteiger partial charge in [-0.25, -0.2) is 5.06 Å². The molecule has 0 aromatic heterocycles. The highest BCUT2D eigenvalue weighted by atomic mass is 35.5. The van der Waals surface area contributed by atoms with E-state index in [1.165, 1.54) is 0 Å². The molecule has 0 fully saturated rings. The molecule has 0 atom stereocenters. The molecule has 1 aliphatic heterocycles. The van der Waals surface area contributed by atoms with Gasteiger partial charge in [0.15, 0.2) is 0 Å². The fraction of sp³-hybridized carbons (Fsp3) is 0.300. The summed E-state index contributed by atoms with van der Waals surface area (Å²) in [5, 5.41) is 11.4. The lowest BCUT2D eigenvalue weighted by atomic mass is 10.1. The van der Waals surface area contributed by atoms with Gasteiger partial charge in [-0.05, 0) is 25.1 Å². The largest absolute Gasteiger partial charge is 0.351 e. The Morgan fingerprint density at radius 3 is 2.93 bits per heavy atom. The van der Waals surface area contributed by atoms with E-state index in [-0.39, 0.29) is 0 Å². The van der Waals surface area contributed by atoms with Crippen LogP contribution in [0, 0.1) is 0 Å². The third-order valence-corrected chi connectivity index (χ3v) is 3.12. The van der Waals surface area contributed by atoms with Gasteiger partial charge in [0.05, 0.1) is 0 Å². The maximum Gasteiger partial charge on any atom is 0.137 e. The molecule has 1 aromatic rings. The van der Waals surface area contributed by atoms with Crippen molar-refractivity contribution in [3.8, 4) is 0 Å². The standard InChI is InChI=1S/C10H11ClN2OS/c1-2-12-6-13(14)10(15)8-4-3-7(11)5-9(8)12/h3-5,14H,2,6H2,1H3. The molecule has 15 heavy (non-hydrogen) atoms. The zero-order valence-corrected chi connectivity index (χ0v) is 9.85. The van der Waals surface area contributed by atoms with Crippen molar-refractivity contribution >= 4 is 34.5 Å². The van der Waals surface area contributed by atoms with E-state index >= 15 is 0 Å². The van der Waals surface area contributed by atoms with Gasteiger partial charge < -0.3 is 4.90 Å². The first-order valence-electron chi connectivity index (χ1n) is 4.68. The smallest absolute Gasteiger partial charge is 0.137 e. The first-order valence-corrected chi connectivity index (χ1v) is 5.47. The third kappa shape index (κ3) is 1.80. The Balaban J connectivity index is 2.53. The van der Waals surface area contributed by atoms with E-state index in [1.54, 1.807) is 6.07 Å². The molecule has 2 rings (SSSR count). The number of hydrogen-bond donors (Lipinski definition) is 1. The van der Waals surface area contributed by atoms with Crippen molar-refractivity contribution in [3.63, 3.8) is 0 Å². The van der Waals surface area contributed by atoms with Crippen molar-refractivity contribution < 1.29 is 5.21 Å². The predicted molar refractivity (Wildman–Crippen MR) is 64.7 cm³/mol. The van der Waals surface area contributed by atoms with Gasteiger partial charge in [-0.1, -0.05) is 23.8 Å². The second-order valence-corrected chi connectivity index (χ2v) is 4.19. The summed E-state index contributed by atoms with van der Waals surface area (Å²) in [7, 11) is 0. The van der Waals surface area contributed by atoms with E-state index in [4.69, 9.17) is 23.8 Å². The van der Waals surface area contributed by atoms with Gasteiger partial charge in [0, 0.05) is 22.8 Å². The van der Waals surface area contributed by atoms with E-state index in [0.29, 0.717) is 16.7 Å². The zero-order chi connectivity index (χ0) is 11.0. The molecule has 80 valence electrons. The summed E-state index contributed by atoms with van der Waals surface area (Å²) in [6.07, 6.45) is 0. The van der Waals surface area contributed by atoms with Gasteiger partial charge in [0.1, 0.15) is 11.7 Å². The lowest BCUT2D eigenvalue weighted by Gasteiger charge is -2.35. The molecular weight excluding hydrogens is 232 g/mol. The number of hydrogen-bond acceptors (Lipinski definition) is 3. The number of nitrogens with zero attached hydrogens (tertiary/aromatic N) is 2. The van der Waals surface area contributed by atoms with Gasteiger partial charge in [-0.3, -0.25) is 5.21 Å². The number of thiocarbonyl (C=S) groups is 1. The van der Waals surface area contributed by atoms with E-state index < -0.39 is 0 Å². The Hall–Kier alpha value is -0.840. The van der Waals surface area contributed by atoms with Crippen LogP contribution in [0.1, 0.15) is 12.5 Å². The lowest BCUT2D eigenvalue weighted by Crippen LogP contribution is -2.44. The topological polar surface area (TPSA) is 26.7 Å². The maximum absolute atomic E-state index is 9.61. The van der Waals surface area contributed by atoms with Gasteiger partial charge in [-0.15, -0.1) is 0 Å². The first-order chi connectivity index (χ1) is 7.13. The van der Waals surface area contributed by atoms with Crippen LogP contribution in [0.15, 0.2) is 18.2 Å². The molecule has 5 heteroatoms. The molecule has 1 heterocycles. The fourth-order valence-electron chi connectivity index (χ4n) is 1.66. The Morgan fingerprint density at radius 2 is 2.27 bits per heavy atom. The number of benzene rings is 1. The number of anilines is 1. The van der Waals surface area contributed by atoms with Gasteiger partial charge >= 0.3 is 0 Å². The summed E-state index contributed by atoms with van der Waals surface area (Å²) in [5.74, 6) is 0. The molecule has 0 saturated carbocycles. The Labute approximate surface area is 98.8 Å². The molecule has 0 amide bonds. The van der Waals surface area contributed by atoms with Crippen LogP contribution in [0.2, 0.25) is 5.02 Å². The summed E-state index contributed by atoms with van der Waals surface area (Å²) in [4.78, 5) is 2.46. The number of rotatable bonds is 1. The van der Waals surface area contributed by atoms with Crippen LogP contribution in [0.5, 0.6) is 0 Å². The van der Waals surface area contributed by atoms with E-state index in [0.717, 1.165) is 22.9 Å². The molecule has 0 bridgehead atoms. The van der Waals surface area contributed by atoms with E-state index in [1.807, 2.05) is 24.0 Å². The van der Waals surface area contributed by atoms with Crippen molar-refractivity contribution in [2.45, 2.75) is 6.92 Å². The molecule has 0 radical (unpaired) electrons. The molecule has 1 N–H and O–H groups in total. The first kappa shape index (κ1) is 10.7. The van der Waals surface area contributed by atoms with Crippen LogP contribution >= 0.6 is 23.8 Å². The SMILES string of the molecule is CCN1CN(O)C(=S)c2ccc(Cl)cc21. The third-order valence-electron chi connectivity index (χ3n) is 2.45. The summed E-state index contributed by atoms with van der Waals surface area (Å²) in [6.45, 7) is 3.21. The molecule has 0 spiro atoms. The van der Waals surface area contributed by atoms with Gasteiger partial charge in [0.25, 0.3) is 0 Å². The Kier molecular flexibility index (Phi) is 2.82. The minimum atomic E-state index is 0.392. The normalized spacial score (nSPS) is 15.5. The highest BCUT2D eigenvalue weighted by Crippen LogP contribution is 2.29. The maximum atomic E-state index is 9.61. The average Bonchev–Trinajstić information content (AvgIpc) is 2.23. The van der Waals surface area contributed by atoms with Crippen molar-refractivity contribution in [3.05, 3.63) is 28.8 Å². The number of halogens is 1. The zero-order valence-electron chi connectivity index (χ0n) is 8.27. The summed E-state index contributed by atoms with van der Waals surface area (Å²) in [5.41, 5.74) is 1.84. The molecular formula is C10H11ClN2OS. The predicted octanol–water partition coefficient (Wildman–Crippen LogP) is 2.50. The molecule has 0 saturated heterocycles. The fourth-order valence-corrected chi connectivity index (χ4v) is 2.06. The van der Waals surface area contributed by atoms with Crippen LogP contribution in [0.25, 0.3) is 0 Å². The van der Waals surface area contributed by atoms with Crippen LogP contribution in [-0.2, 0) is 0 Å². The van der Waals surface area contributed by atoms with Crippen molar-refractivity contribution in [2.24, 2.45) is 0 Å². The quantitative estimate of drug-likeness (QED) is 0.766. The van der Waals surface area contributed by atoms with E-state index in [9.17, 15) is 5.21 Å². The Bertz CT molecular complexity index is 410. The average molecular weight is 243 g/mol. The molecule has 1 aromatic carbocycles. The molecule has 3 nitrogen and oxygen atoms in total. The number of fused-ring (bicyclic) bond motifs is 1. The van der Waals surface area contributed by atoms with E-state index in [2.05, 4.69) is 0 Å². The summed E-state index contributed by atoms with van der Waals surface area (Å²) < 4.78 is 0. The minimum Gasteiger partial charge on any atom is -0.351 e. The highest BCUT2D eigenvalue weighted by Gasteiger charge is 2.24. The summed E-state index contributed by atoms with van der Waals surface area (Å²) in [6, 6.07) is 5.49. The summed E-state index contributed by atoms with van der Waals surface area (Å²) >= 11 is 11.1. The van der Waals surface area contributed by atoms with Crippen molar-refractivity contribution in [2.75, 3.05) is 18.1 Å². The van der Waals surface area contributed by atoms with Gasteiger partial charge in [0.2, 0.25) is 0 Å². The second kappa shape index (κ2) is 3.96. The second-order valence-electron chi connectivity index (χ2n) is 3.36. The minimum absolute atomic E-state index is 0.392. The molecule has 1 aliphatic rings. The van der Waals surface area contributed by atoms with Crippen LogP contribution < -0.4 is 4.90 Å². The molecule has 0 unspecified atom stereocenters. The molecule has 0 aliphatic carbocycles. The van der Waals surface area contributed by atoms with Gasteiger partial charge in [-0.2, -0.15) is 0 Å². The van der Waals surface area contributed by atoms with Crippen molar-refractivity contribution in [1.29, 1.82) is 0 Å². The Morgan fingerprint density at radius 1 is 1.53 bits per heavy atom. The van der Waals surface area contributed by atoms with Crippen LogP contribution in [-0.4, -0.2) is 28.5 Å². The monoisotopic (exact) mass is 242 g/mol.